The molecule has 2 amide bonds. The second-order valence-corrected chi connectivity index (χ2v) is 6.85. The van der Waals surface area contributed by atoms with E-state index in [9.17, 15) is 14.0 Å². The van der Waals surface area contributed by atoms with Gasteiger partial charge >= 0.3 is 0 Å². The fraction of sp³-hybridized carbons (Fsp3) is 0.250. The number of carbonyl (C=O) groups excluding carboxylic acids is 2. The van der Waals surface area contributed by atoms with Crippen molar-refractivity contribution in [2.45, 2.75) is 19.0 Å². The maximum atomic E-state index is 13.8. The van der Waals surface area contributed by atoms with E-state index in [-0.39, 0.29) is 36.4 Å². The Balaban J connectivity index is 1.55. The van der Waals surface area contributed by atoms with Gasteiger partial charge in [-0.05, 0) is 6.07 Å². The van der Waals surface area contributed by atoms with E-state index in [0.717, 1.165) is 5.56 Å². The van der Waals surface area contributed by atoms with E-state index in [2.05, 4.69) is 20.4 Å². The van der Waals surface area contributed by atoms with Crippen LogP contribution in [0.1, 0.15) is 33.2 Å². The second-order valence-electron chi connectivity index (χ2n) is 6.85. The normalized spacial score (nSPS) is 15.7. The third-order valence-electron chi connectivity index (χ3n) is 4.83. The quantitative estimate of drug-likeness (QED) is 0.722. The summed E-state index contributed by atoms with van der Waals surface area (Å²) in [5, 5.41) is 7.17. The van der Waals surface area contributed by atoms with Gasteiger partial charge in [0.2, 0.25) is 5.91 Å². The molecule has 2 aromatic heterocycles. The number of benzene rings is 1. The highest BCUT2D eigenvalue weighted by atomic mass is 19.1. The van der Waals surface area contributed by atoms with E-state index in [4.69, 9.17) is 0 Å². The molecule has 8 nitrogen and oxygen atoms in total. The van der Waals surface area contributed by atoms with Gasteiger partial charge in [0.1, 0.15) is 11.5 Å². The summed E-state index contributed by atoms with van der Waals surface area (Å²) >= 11 is 0. The molecule has 1 aliphatic heterocycles. The van der Waals surface area contributed by atoms with Gasteiger partial charge < -0.3 is 10.2 Å². The van der Waals surface area contributed by atoms with Crippen molar-refractivity contribution in [1.29, 1.82) is 0 Å². The summed E-state index contributed by atoms with van der Waals surface area (Å²) in [5.74, 6) is -1.66. The van der Waals surface area contributed by atoms with Crippen molar-refractivity contribution in [3.63, 3.8) is 0 Å². The van der Waals surface area contributed by atoms with Crippen LogP contribution in [0.15, 0.2) is 49.1 Å². The van der Waals surface area contributed by atoms with Crippen LogP contribution < -0.4 is 5.32 Å². The number of hydrogen-bond acceptors (Lipinski definition) is 5. The Morgan fingerprint density at radius 2 is 2.10 bits per heavy atom. The standard InChI is InChI=1S/C20H19FN6O2/c1-26-10-14-11-27(20(29)17-9-22-6-7-23-17)12-15(18(14)25-26)19(28)24-8-13-4-2-3-5-16(13)21/h2-7,9-10,15H,8,11-12H2,1H3,(H,24,28). The zero-order valence-electron chi connectivity index (χ0n) is 15.7. The lowest BCUT2D eigenvalue weighted by atomic mass is 9.95. The molecular formula is C20H19FN6O2. The molecule has 0 bridgehead atoms. The Labute approximate surface area is 166 Å². The van der Waals surface area contributed by atoms with Gasteiger partial charge in [0.05, 0.1) is 17.8 Å². The molecular weight excluding hydrogens is 375 g/mol. The first kappa shape index (κ1) is 18.7. The summed E-state index contributed by atoms with van der Waals surface area (Å²) in [6.45, 7) is 0.542. The Morgan fingerprint density at radius 1 is 1.28 bits per heavy atom. The van der Waals surface area contributed by atoms with Gasteiger partial charge in [0, 0.05) is 56.4 Å². The molecule has 4 rings (SSSR count). The van der Waals surface area contributed by atoms with E-state index in [1.165, 1.54) is 24.7 Å². The van der Waals surface area contributed by atoms with Crippen molar-refractivity contribution in [2.75, 3.05) is 6.54 Å². The molecule has 148 valence electrons. The highest BCUT2D eigenvalue weighted by Gasteiger charge is 2.35. The van der Waals surface area contributed by atoms with Crippen LogP contribution in [0.5, 0.6) is 0 Å². The Bertz CT molecular complexity index is 1050. The summed E-state index contributed by atoms with van der Waals surface area (Å²) in [7, 11) is 1.77. The zero-order valence-corrected chi connectivity index (χ0v) is 15.7. The molecule has 0 saturated carbocycles. The summed E-state index contributed by atoms with van der Waals surface area (Å²) in [6.07, 6.45) is 6.13. The van der Waals surface area contributed by atoms with Gasteiger partial charge in [-0.1, -0.05) is 18.2 Å². The Morgan fingerprint density at radius 3 is 2.86 bits per heavy atom. The largest absolute Gasteiger partial charge is 0.351 e. The monoisotopic (exact) mass is 394 g/mol. The number of amides is 2. The molecule has 29 heavy (non-hydrogen) atoms. The molecule has 1 unspecified atom stereocenters. The summed E-state index contributed by atoms with van der Waals surface area (Å²) in [4.78, 5) is 35.3. The van der Waals surface area contributed by atoms with Crippen LogP contribution in [-0.4, -0.2) is 43.0 Å². The minimum absolute atomic E-state index is 0.0578. The van der Waals surface area contributed by atoms with Gasteiger partial charge in [0.15, 0.2) is 0 Å². The molecule has 3 heterocycles. The van der Waals surface area contributed by atoms with E-state index in [1.807, 2.05) is 0 Å². The first-order valence-electron chi connectivity index (χ1n) is 9.11. The zero-order chi connectivity index (χ0) is 20.4. The van der Waals surface area contributed by atoms with Gasteiger partial charge in [-0.3, -0.25) is 19.3 Å². The number of aromatic nitrogens is 4. The number of aryl methyl sites for hydroxylation is 1. The molecule has 0 aliphatic carbocycles. The average molecular weight is 394 g/mol. The lowest BCUT2D eigenvalue weighted by molar-refractivity contribution is -0.123. The summed E-state index contributed by atoms with van der Waals surface area (Å²) < 4.78 is 15.5. The third kappa shape index (κ3) is 3.84. The molecule has 1 N–H and O–H groups in total. The number of halogens is 1. The lowest BCUT2D eigenvalue weighted by Crippen LogP contribution is -2.43. The van der Waals surface area contributed by atoms with E-state index in [1.54, 1.807) is 41.0 Å². The number of hydrogen-bond donors (Lipinski definition) is 1. The fourth-order valence-corrected chi connectivity index (χ4v) is 3.43. The number of fused-ring (bicyclic) bond motifs is 1. The summed E-state index contributed by atoms with van der Waals surface area (Å²) in [6, 6.07) is 6.27. The minimum atomic E-state index is -0.660. The summed E-state index contributed by atoms with van der Waals surface area (Å²) in [5.41, 5.74) is 2.03. The van der Waals surface area contributed by atoms with Crippen molar-refractivity contribution in [1.82, 2.24) is 30.0 Å². The number of nitrogens with one attached hydrogen (secondary N) is 1. The maximum Gasteiger partial charge on any atom is 0.274 e. The van der Waals surface area contributed by atoms with Crippen LogP contribution in [-0.2, 0) is 24.9 Å². The number of nitrogens with zero attached hydrogens (tertiary/aromatic N) is 5. The van der Waals surface area contributed by atoms with Crippen molar-refractivity contribution < 1.29 is 14.0 Å². The van der Waals surface area contributed by atoms with E-state index >= 15 is 0 Å². The van der Waals surface area contributed by atoms with Crippen LogP contribution in [0.25, 0.3) is 0 Å². The molecule has 1 aromatic carbocycles. The van der Waals surface area contributed by atoms with E-state index in [0.29, 0.717) is 17.8 Å². The molecule has 0 saturated heterocycles. The second kappa shape index (κ2) is 7.78. The topological polar surface area (TPSA) is 93.0 Å². The molecule has 1 atom stereocenters. The molecule has 0 fully saturated rings. The van der Waals surface area contributed by atoms with Crippen molar-refractivity contribution >= 4 is 11.8 Å². The van der Waals surface area contributed by atoms with Crippen molar-refractivity contribution in [3.05, 3.63) is 77.4 Å². The maximum absolute atomic E-state index is 13.8. The molecule has 3 aromatic rings. The molecule has 0 radical (unpaired) electrons. The van der Waals surface area contributed by atoms with Crippen LogP contribution in [0.3, 0.4) is 0 Å². The van der Waals surface area contributed by atoms with Crippen molar-refractivity contribution in [2.24, 2.45) is 7.05 Å². The smallest absolute Gasteiger partial charge is 0.274 e. The predicted octanol–water partition coefficient (Wildman–Crippen LogP) is 1.41. The van der Waals surface area contributed by atoms with Gasteiger partial charge in [0.25, 0.3) is 5.91 Å². The van der Waals surface area contributed by atoms with Crippen LogP contribution >= 0.6 is 0 Å². The minimum Gasteiger partial charge on any atom is -0.351 e. The highest BCUT2D eigenvalue weighted by molar-refractivity contribution is 5.93. The average Bonchev–Trinajstić information content (AvgIpc) is 3.12. The molecule has 1 aliphatic rings. The van der Waals surface area contributed by atoms with Gasteiger partial charge in [-0.2, -0.15) is 5.10 Å². The fourth-order valence-electron chi connectivity index (χ4n) is 3.43. The van der Waals surface area contributed by atoms with Gasteiger partial charge in [-0.15, -0.1) is 0 Å². The SMILES string of the molecule is Cn1cc2c(n1)C(C(=O)NCc1ccccc1F)CN(C(=O)c1cnccn1)C2. The Kier molecular flexibility index (Phi) is 5.03. The van der Waals surface area contributed by atoms with E-state index < -0.39 is 5.92 Å². The van der Waals surface area contributed by atoms with Crippen LogP contribution in [0, 0.1) is 5.82 Å². The number of rotatable bonds is 4. The number of carbonyl (C=O) groups is 2. The Hall–Kier alpha value is -3.62. The predicted molar refractivity (Wildman–Crippen MR) is 101 cm³/mol. The highest BCUT2D eigenvalue weighted by Crippen LogP contribution is 2.28. The van der Waals surface area contributed by atoms with Gasteiger partial charge in [-0.25, -0.2) is 9.37 Å². The van der Waals surface area contributed by atoms with Crippen LogP contribution in [0.4, 0.5) is 4.39 Å². The lowest BCUT2D eigenvalue weighted by Gasteiger charge is -2.31. The van der Waals surface area contributed by atoms with Crippen molar-refractivity contribution in [3.8, 4) is 0 Å². The molecule has 0 spiro atoms. The molecule has 9 heteroatoms. The van der Waals surface area contributed by atoms with Crippen LogP contribution in [0.2, 0.25) is 0 Å². The first-order valence-corrected chi connectivity index (χ1v) is 9.11. The first-order chi connectivity index (χ1) is 14.0. The third-order valence-corrected chi connectivity index (χ3v) is 4.83.